The SMILES string of the molecule is C[C@H]1COCCN1CCCn1nc(-c2ccc(Cl)c(C#Cc3ccc(Cl)c(CN(C)C)c3)c2)c2c1CCN(C(=O)C(N)=O)C2. The quantitative estimate of drug-likeness (QED) is 0.313. The molecule has 3 aromatic rings. The summed E-state index contributed by atoms with van der Waals surface area (Å²) in [5.74, 6) is 4.82. The van der Waals surface area contributed by atoms with Gasteiger partial charge in [0.15, 0.2) is 0 Å². The normalized spacial score (nSPS) is 16.9. The molecule has 0 saturated carbocycles. The Morgan fingerprint density at radius 3 is 2.64 bits per heavy atom. The second-order valence-electron chi connectivity index (χ2n) is 11.6. The lowest BCUT2D eigenvalue weighted by molar-refractivity contribution is -0.144. The van der Waals surface area contributed by atoms with Crippen LogP contribution in [0.2, 0.25) is 10.0 Å². The number of primary amides is 1. The van der Waals surface area contributed by atoms with Gasteiger partial charge in [-0.05, 0) is 63.3 Å². The van der Waals surface area contributed by atoms with E-state index >= 15 is 0 Å². The molecule has 0 bridgehead atoms. The number of ether oxygens (including phenoxy) is 1. The van der Waals surface area contributed by atoms with Gasteiger partial charge in [0.25, 0.3) is 0 Å². The monoisotopic (exact) mass is 636 g/mol. The lowest BCUT2D eigenvalue weighted by Crippen LogP contribution is -2.44. The predicted molar refractivity (Wildman–Crippen MR) is 172 cm³/mol. The fourth-order valence-electron chi connectivity index (χ4n) is 5.78. The molecule has 0 spiro atoms. The summed E-state index contributed by atoms with van der Waals surface area (Å²) in [6.07, 6.45) is 1.51. The van der Waals surface area contributed by atoms with Crippen molar-refractivity contribution in [2.75, 3.05) is 46.9 Å². The topological polar surface area (TPSA) is 96.9 Å². The number of hydrogen-bond donors (Lipinski definition) is 1. The van der Waals surface area contributed by atoms with E-state index in [4.69, 9.17) is 38.8 Å². The molecule has 9 nitrogen and oxygen atoms in total. The molecule has 1 fully saturated rings. The van der Waals surface area contributed by atoms with Crippen molar-refractivity contribution in [2.45, 2.75) is 45.4 Å². The highest BCUT2D eigenvalue weighted by Crippen LogP contribution is 2.32. The van der Waals surface area contributed by atoms with Crippen LogP contribution in [0.1, 0.15) is 41.3 Å². The van der Waals surface area contributed by atoms with E-state index in [1.165, 1.54) is 4.90 Å². The number of aryl methyl sites for hydroxylation is 1. The summed E-state index contributed by atoms with van der Waals surface area (Å²) in [5, 5.41) is 6.28. The fourth-order valence-corrected chi connectivity index (χ4v) is 6.12. The van der Waals surface area contributed by atoms with Crippen molar-refractivity contribution in [1.29, 1.82) is 0 Å². The van der Waals surface area contributed by atoms with Gasteiger partial charge in [-0.2, -0.15) is 5.10 Å². The highest BCUT2D eigenvalue weighted by Gasteiger charge is 2.30. The van der Waals surface area contributed by atoms with Crippen LogP contribution in [-0.2, 0) is 40.4 Å². The number of carbonyl (C=O) groups is 2. The summed E-state index contributed by atoms with van der Waals surface area (Å²) in [7, 11) is 3.99. The number of morpholine rings is 1. The third-order valence-corrected chi connectivity index (χ3v) is 8.76. The van der Waals surface area contributed by atoms with Gasteiger partial charge >= 0.3 is 11.8 Å². The van der Waals surface area contributed by atoms with Gasteiger partial charge in [-0.3, -0.25) is 19.2 Å². The van der Waals surface area contributed by atoms with Gasteiger partial charge in [-0.25, -0.2) is 0 Å². The van der Waals surface area contributed by atoms with E-state index in [1.807, 2.05) is 50.5 Å². The minimum atomic E-state index is -0.956. The zero-order chi connectivity index (χ0) is 31.4. The minimum absolute atomic E-state index is 0.260. The van der Waals surface area contributed by atoms with Gasteiger partial charge in [-0.1, -0.05) is 41.1 Å². The van der Waals surface area contributed by atoms with E-state index in [-0.39, 0.29) is 6.54 Å². The largest absolute Gasteiger partial charge is 0.379 e. The number of hydrogen-bond acceptors (Lipinski definition) is 6. The molecule has 2 N–H and O–H groups in total. The summed E-state index contributed by atoms with van der Waals surface area (Å²) in [6.45, 7) is 7.69. The molecule has 1 aromatic heterocycles. The summed E-state index contributed by atoms with van der Waals surface area (Å²) < 4.78 is 7.64. The molecule has 2 aliphatic heterocycles. The first-order chi connectivity index (χ1) is 21.1. The first-order valence-electron chi connectivity index (χ1n) is 14.8. The maximum absolute atomic E-state index is 12.5. The number of rotatable bonds is 7. The Hall–Kier alpha value is -3.39. The molecule has 1 saturated heterocycles. The number of nitrogens with two attached hydrogens (primary N) is 1. The van der Waals surface area contributed by atoms with E-state index < -0.39 is 11.8 Å². The molecule has 2 amide bonds. The number of aromatic nitrogens is 2. The van der Waals surface area contributed by atoms with Crippen LogP contribution in [0.4, 0.5) is 0 Å². The van der Waals surface area contributed by atoms with Crippen molar-refractivity contribution in [3.8, 4) is 23.1 Å². The van der Waals surface area contributed by atoms with Crippen LogP contribution >= 0.6 is 23.2 Å². The number of fused-ring (bicyclic) bond motifs is 1. The van der Waals surface area contributed by atoms with E-state index in [0.29, 0.717) is 41.2 Å². The molecule has 2 aromatic carbocycles. The van der Waals surface area contributed by atoms with Crippen molar-refractivity contribution >= 4 is 35.0 Å². The summed E-state index contributed by atoms with van der Waals surface area (Å²) in [6, 6.07) is 11.8. The van der Waals surface area contributed by atoms with Gasteiger partial charge in [0.1, 0.15) is 0 Å². The fraction of sp³-hybridized carbons (Fsp3) is 0.424. The van der Waals surface area contributed by atoms with Crippen LogP contribution in [0.5, 0.6) is 0 Å². The summed E-state index contributed by atoms with van der Waals surface area (Å²) in [4.78, 5) is 30.2. The number of halogens is 2. The molecule has 232 valence electrons. The zero-order valence-electron chi connectivity index (χ0n) is 25.4. The Bertz CT molecular complexity index is 1610. The molecule has 1 atom stereocenters. The van der Waals surface area contributed by atoms with Crippen LogP contribution in [0.3, 0.4) is 0 Å². The molecular formula is C33H38Cl2N6O3. The minimum Gasteiger partial charge on any atom is -0.379 e. The molecule has 3 heterocycles. The smallest absolute Gasteiger partial charge is 0.311 e. The first kappa shape index (κ1) is 32.0. The highest BCUT2D eigenvalue weighted by molar-refractivity contribution is 6.34. The molecule has 0 unspecified atom stereocenters. The van der Waals surface area contributed by atoms with Crippen molar-refractivity contribution in [3.63, 3.8) is 0 Å². The standard InChI is InChI=1S/C33H38Cl2N6O3/c1-22-21-44-16-15-39(22)12-4-13-41-30-11-14-40(33(43)32(36)42)20-27(30)31(37-41)25-8-10-28(34)24(18-25)7-5-23-6-9-29(35)26(17-23)19-38(2)3/h6,8-10,17-18,22H,4,11-16,19-21H2,1-3H3,(H2,36,42)/t22-/m0/s1. The van der Waals surface area contributed by atoms with Crippen molar-refractivity contribution in [1.82, 2.24) is 24.5 Å². The maximum atomic E-state index is 12.5. The highest BCUT2D eigenvalue weighted by atomic mass is 35.5. The van der Waals surface area contributed by atoms with Gasteiger partial charge in [0, 0.05) is 78.2 Å². The second kappa shape index (κ2) is 14.1. The van der Waals surface area contributed by atoms with Crippen molar-refractivity contribution < 1.29 is 14.3 Å². The van der Waals surface area contributed by atoms with Gasteiger partial charge < -0.3 is 20.3 Å². The Morgan fingerprint density at radius 2 is 1.89 bits per heavy atom. The van der Waals surface area contributed by atoms with Crippen LogP contribution in [-0.4, -0.2) is 89.3 Å². The van der Waals surface area contributed by atoms with Gasteiger partial charge in [0.05, 0.1) is 30.5 Å². The molecule has 0 aliphatic carbocycles. The Morgan fingerprint density at radius 1 is 1.09 bits per heavy atom. The molecule has 5 rings (SSSR count). The number of amides is 2. The van der Waals surface area contributed by atoms with E-state index in [9.17, 15) is 9.59 Å². The lowest BCUT2D eigenvalue weighted by atomic mass is 9.99. The predicted octanol–water partition coefficient (Wildman–Crippen LogP) is 3.80. The molecule has 0 radical (unpaired) electrons. The third kappa shape index (κ3) is 7.45. The lowest BCUT2D eigenvalue weighted by Gasteiger charge is -2.33. The van der Waals surface area contributed by atoms with Crippen molar-refractivity contribution in [2.24, 2.45) is 5.73 Å². The Kier molecular flexibility index (Phi) is 10.3. The van der Waals surface area contributed by atoms with Crippen molar-refractivity contribution in [3.05, 3.63) is 74.4 Å². The average Bonchev–Trinajstić information content (AvgIpc) is 3.36. The van der Waals surface area contributed by atoms with Crippen LogP contribution in [0.15, 0.2) is 36.4 Å². The second-order valence-corrected chi connectivity index (χ2v) is 12.5. The summed E-state index contributed by atoms with van der Waals surface area (Å²) in [5.41, 5.74) is 11.4. The number of nitrogens with zero attached hydrogens (tertiary/aromatic N) is 5. The molecule has 11 heteroatoms. The van der Waals surface area contributed by atoms with Crippen LogP contribution in [0.25, 0.3) is 11.3 Å². The molecule has 2 aliphatic rings. The summed E-state index contributed by atoms with van der Waals surface area (Å²) >= 11 is 13.0. The Labute approximate surface area is 268 Å². The molecule has 44 heavy (non-hydrogen) atoms. The van der Waals surface area contributed by atoms with Crippen LogP contribution < -0.4 is 5.73 Å². The first-order valence-corrected chi connectivity index (χ1v) is 15.6. The van der Waals surface area contributed by atoms with Crippen LogP contribution in [0, 0.1) is 11.8 Å². The zero-order valence-corrected chi connectivity index (χ0v) is 26.9. The van der Waals surface area contributed by atoms with E-state index in [2.05, 4.69) is 33.2 Å². The van der Waals surface area contributed by atoms with Gasteiger partial charge in [0.2, 0.25) is 0 Å². The average molecular weight is 638 g/mol. The number of carbonyl (C=O) groups excluding carboxylic acids is 2. The van der Waals surface area contributed by atoms with E-state index in [0.717, 1.165) is 72.9 Å². The van der Waals surface area contributed by atoms with Gasteiger partial charge in [-0.15, -0.1) is 0 Å². The number of benzene rings is 2. The third-order valence-electron chi connectivity index (χ3n) is 8.07. The molecular weight excluding hydrogens is 599 g/mol. The maximum Gasteiger partial charge on any atom is 0.311 e. The Balaban J connectivity index is 1.45. The van der Waals surface area contributed by atoms with E-state index in [1.54, 1.807) is 0 Å².